The Bertz CT molecular complexity index is 198. The van der Waals surface area contributed by atoms with Gasteiger partial charge in [-0.1, -0.05) is 6.08 Å². The Morgan fingerprint density at radius 3 is 2.88 bits per heavy atom. The lowest BCUT2D eigenvalue weighted by Crippen LogP contribution is -2.38. The third kappa shape index (κ3) is 9.64. The molecule has 0 atom stereocenters. The number of carbonyl (C=O) groups is 1. The molecule has 0 aromatic heterocycles. The maximum atomic E-state index is 11.3. The highest BCUT2D eigenvalue weighted by atomic mass is 16.5. The van der Waals surface area contributed by atoms with Crippen LogP contribution >= 0.6 is 0 Å². The van der Waals surface area contributed by atoms with Gasteiger partial charge in [-0.25, -0.2) is 0 Å². The predicted molar refractivity (Wildman–Crippen MR) is 65.4 cm³/mol. The molecule has 5 heteroatoms. The van der Waals surface area contributed by atoms with Gasteiger partial charge >= 0.3 is 0 Å². The molecule has 2 N–H and O–H groups in total. The summed E-state index contributed by atoms with van der Waals surface area (Å²) in [6.07, 6.45) is 1.73. The van der Waals surface area contributed by atoms with Gasteiger partial charge in [-0.3, -0.25) is 4.79 Å². The van der Waals surface area contributed by atoms with Gasteiger partial charge in [-0.15, -0.1) is 6.58 Å². The van der Waals surface area contributed by atoms with Crippen LogP contribution in [0.5, 0.6) is 0 Å². The van der Waals surface area contributed by atoms with E-state index in [1.807, 2.05) is 7.05 Å². The molecule has 0 fully saturated rings. The summed E-state index contributed by atoms with van der Waals surface area (Å²) in [6, 6.07) is 0. The van der Waals surface area contributed by atoms with E-state index in [9.17, 15) is 4.79 Å². The molecule has 5 nitrogen and oxygen atoms in total. The van der Waals surface area contributed by atoms with E-state index in [4.69, 9.17) is 4.74 Å². The Balaban J connectivity index is 3.35. The molecule has 94 valence electrons. The number of ether oxygens (including phenoxy) is 1. The maximum absolute atomic E-state index is 11.3. The average Bonchev–Trinajstić information content (AvgIpc) is 2.26. The zero-order valence-electron chi connectivity index (χ0n) is 10.3. The Morgan fingerprint density at radius 1 is 1.50 bits per heavy atom. The molecule has 16 heavy (non-hydrogen) atoms. The van der Waals surface area contributed by atoms with E-state index in [0.29, 0.717) is 26.2 Å². The Kier molecular flexibility index (Phi) is 10.00. The first kappa shape index (κ1) is 15.1. The summed E-state index contributed by atoms with van der Waals surface area (Å²) < 4.78 is 4.96. The molecular weight excluding hydrogens is 206 g/mol. The summed E-state index contributed by atoms with van der Waals surface area (Å²) >= 11 is 0. The van der Waals surface area contributed by atoms with Crippen LogP contribution in [0.15, 0.2) is 12.7 Å². The summed E-state index contributed by atoms with van der Waals surface area (Å²) in [6.45, 7) is 7.63. The lowest BCUT2D eigenvalue weighted by molar-refractivity contribution is -0.120. The van der Waals surface area contributed by atoms with Crippen LogP contribution in [0, 0.1) is 0 Å². The van der Waals surface area contributed by atoms with E-state index in [1.54, 1.807) is 13.2 Å². The minimum absolute atomic E-state index is 0.0157. The van der Waals surface area contributed by atoms with Crippen molar-refractivity contribution in [1.29, 1.82) is 0 Å². The first-order valence-electron chi connectivity index (χ1n) is 5.46. The van der Waals surface area contributed by atoms with Crippen LogP contribution in [-0.4, -0.2) is 64.3 Å². The number of carbonyl (C=O) groups excluding carboxylic acids is 1. The number of likely N-dealkylation sites (N-methyl/N-ethyl adjacent to an activating group) is 1. The second-order valence-electron chi connectivity index (χ2n) is 3.57. The van der Waals surface area contributed by atoms with Gasteiger partial charge in [0.05, 0.1) is 13.2 Å². The molecule has 0 aliphatic carbocycles. The Labute approximate surface area is 97.8 Å². The number of nitrogens with zero attached hydrogens (tertiary/aromatic N) is 1. The topological polar surface area (TPSA) is 53.6 Å². The van der Waals surface area contributed by atoms with Gasteiger partial charge in [0.1, 0.15) is 0 Å². The van der Waals surface area contributed by atoms with Crippen molar-refractivity contribution in [3.05, 3.63) is 12.7 Å². The van der Waals surface area contributed by atoms with Gasteiger partial charge in [-0.2, -0.15) is 0 Å². The Hall–Kier alpha value is -0.910. The number of hydrogen-bond donors (Lipinski definition) is 2. The van der Waals surface area contributed by atoms with E-state index in [2.05, 4.69) is 22.1 Å². The van der Waals surface area contributed by atoms with Crippen LogP contribution in [0.4, 0.5) is 0 Å². The molecule has 0 saturated heterocycles. The molecular formula is C11H23N3O2. The number of hydrogen-bond acceptors (Lipinski definition) is 4. The molecule has 0 saturated carbocycles. The van der Waals surface area contributed by atoms with Crippen molar-refractivity contribution in [3.63, 3.8) is 0 Å². The minimum Gasteiger partial charge on any atom is -0.383 e. The summed E-state index contributed by atoms with van der Waals surface area (Å²) in [7, 11) is 3.68. The summed E-state index contributed by atoms with van der Waals surface area (Å²) in [5, 5.41) is 5.77. The van der Waals surface area contributed by atoms with E-state index < -0.39 is 0 Å². The third-order valence-corrected chi connectivity index (χ3v) is 2.07. The van der Waals surface area contributed by atoms with Crippen LogP contribution in [-0.2, 0) is 9.53 Å². The summed E-state index contributed by atoms with van der Waals surface area (Å²) in [5.41, 5.74) is 0. The van der Waals surface area contributed by atoms with Gasteiger partial charge in [0, 0.05) is 33.3 Å². The molecule has 0 aliphatic rings. The molecule has 0 aliphatic heterocycles. The fourth-order valence-electron chi connectivity index (χ4n) is 1.10. The molecule has 0 spiro atoms. The molecule has 0 bridgehead atoms. The molecule has 0 unspecified atom stereocenters. The SMILES string of the molecule is C=CCNCC(=O)NCCN(C)CCOC. The average molecular weight is 229 g/mol. The monoisotopic (exact) mass is 229 g/mol. The van der Waals surface area contributed by atoms with Crippen LogP contribution < -0.4 is 10.6 Å². The van der Waals surface area contributed by atoms with Crippen molar-refractivity contribution < 1.29 is 9.53 Å². The molecule has 0 heterocycles. The van der Waals surface area contributed by atoms with Crippen molar-refractivity contribution in [1.82, 2.24) is 15.5 Å². The molecule has 0 radical (unpaired) electrons. The fraction of sp³-hybridized carbons (Fsp3) is 0.727. The molecule has 0 rings (SSSR count). The van der Waals surface area contributed by atoms with E-state index in [-0.39, 0.29) is 5.91 Å². The molecule has 0 aromatic rings. The van der Waals surface area contributed by atoms with Crippen molar-refractivity contribution in [2.75, 3.05) is 53.5 Å². The van der Waals surface area contributed by atoms with E-state index in [1.165, 1.54) is 0 Å². The third-order valence-electron chi connectivity index (χ3n) is 2.07. The van der Waals surface area contributed by atoms with Crippen molar-refractivity contribution in [2.24, 2.45) is 0 Å². The lowest BCUT2D eigenvalue weighted by atomic mass is 10.4. The highest BCUT2D eigenvalue weighted by Crippen LogP contribution is 1.80. The second kappa shape index (κ2) is 10.6. The van der Waals surface area contributed by atoms with Gasteiger partial charge in [0.25, 0.3) is 0 Å². The zero-order chi connectivity index (χ0) is 12.2. The van der Waals surface area contributed by atoms with Crippen LogP contribution in [0.1, 0.15) is 0 Å². The summed E-state index contributed by atoms with van der Waals surface area (Å²) in [4.78, 5) is 13.4. The highest BCUT2D eigenvalue weighted by molar-refractivity contribution is 5.77. The van der Waals surface area contributed by atoms with Gasteiger partial charge in [-0.05, 0) is 7.05 Å². The van der Waals surface area contributed by atoms with Crippen molar-refractivity contribution in [3.8, 4) is 0 Å². The smallest absolute Gasteiger partial charge is 0.234 e. The zero-order valence-corrected chi connectivity index (χ0v) is 10.3. The van der Waals surface area contributed by atoms with Gasteiger partial charge in [0.15, 0.2) is 0 Å². The highest BCUT2D eigenvalue weighted by Gasteiger charge is 2.00. The first-order chi connectivity index (χ1) is 7.70. The number of rotatable bonds is 10. The molecule has 1 amide bonds. The van der Waals surface area contributed by atoms with E-state index >= 15 is 0 Å². The number of methoxy groups -OCH3 is 1. The quantitative estimate of drug-likeness (QED) is 0.390. The predicted octanol–water partition coefficient (Wildman–Crippen LogP) is -0.544. The van der Waals surface area contributed by atoms with Gasteiger partial charge < -0.3 is 20.3 Å². The van der Waals surface area contributed by atoms with Crippen LogP contribution in [0.2, 0.25) is 0 Å². The van der Waals surface area contributed by atoms with Crippen LogP contribution in [0.25, 0.3) is 0 Å². The van der Waals surface area contributed by atoms with Gasteiger partial charge in [0.2, 0.25) is 5.91 Å². The number of amides is 1. The van der Waals surface area contributed by atoms with Crippen molar-refractivity contribution in [2.45, 2.75) is 0 Å². The minimum atomic E-state index is 0.0157. The fourth-order valence-corrected chi connectivity index (χ4v) is 1.10. The van der Waals surface area contributed by atoms with Crippen LogP contribution in [0.3, 0.4) is 0 Å². The Morgan fingerprint density at radius 2 is 2.25 bits per heavy atom. The lowest BCUT2D eigenvalue weighted by Gasteiger charge is -2.16. The van der Waals surface area contributed by atoms with E-state index in [0.717, 1.165) is 13.1 Å². The standard InChI is InChI=1S/C11H23N3O2/c1-4-5-12-10-11(15)13-6-7-14(2)8-9-16-3/h4,12H,1,5-10H2,2-3H3,(H,13,15). The normalized spacial score (nSPS) is 10.4. The first-order valence-corrected chi connectivity index (χ1v) is 5.46. The maximum Gasteiger partial charge on any atom is 0.234 e. The largest absolute Gasteiger partial charge is 0.383 e. The second-order valence-corrected chi connectivity index (χ2v) is 3.57. The van der Waals surface area contributed by atoms with Crippen molar-refractivity contribution >= 4 is 5.91 Å². The summed E-state index contributed by atoms with van der Waals surface area (Å²) in [5.74, 6) is 0.0157. The number of nitrogens with one attached hydrogen (secondary N) is 2. The molecule has 0 aromatic carbocycles.